The van der Waals surface area contributed by atoms with Gasteiger partial charge in [0.15, 0.2) is 0 Å². The number of fused-ring (bicyclic) bond motifs is 1. The van der Waals surface area contributed by atoms with Crippen LogP contribution < -0.4 is 0 Å². The number of rotatable bonds is 6. The molecule has 7 heteroatoms. The van der Waals surface area contributed by atoms with Crippen LogP contribution >= 0.6 is 0 Å². The van der Waals surface area contributed by atoms with E-state index in [-0.39, 0.29) is 29.9 Å². The average molecular weight is 431 g/mol. The number of piperidine rings is 1. The van der Waals surface area contributed by atoms with E-state index in [1.165, 1.54) is 29.8 Å². The van der Waals surface area contributed by atoms with Gasteiger partial charge in [-0.05, 0) is 62.8 Å². The lowest BCUT2D eigenvalue weighted by atomic mass is 9.78. The van der Waals surface area contributed by atoms with Crippen molar-refractivity contribution in [1.29, 1.82) is 0 Å². The van der Waals surface area contributed by atoms with Gasteiger partial charge in [-0.2, -0.15) is 4.31 Å². The Hall–Kier alpha value is -2.12. The Kier molecular flexibility index (Phi) is 6.29. The van der Waals surface area contributed by atoms with E-state index in [0.29, 0.717) is 11.7 Å². The van der Waals surface area contributed by atoms with Crippen LogP contribution in [0.25, 0.3) is 0 Å². The minimum absolute atomic E-state index is 0.0386. The van der Waals surface area contributed by atoms with E-state index in [0.717, 1.165) is 31.4 Å². The number of likely N-dealkylation sites (tertiary alicyclic amines) is 1. The van der Waals surface area contributed by atoms with Gasteiger partial charge in [0.2, 0.25) is 15.9 Å². The molecule has 1 aromatic carbocycles. The van der Waals surface area contributed by atoms with Crippen LogP contribution in [-0.4, -0.2) is 42.7 Å². The van der Waals surface area contributed by atoms with Crippen molar-refractivity contribution in [3.63, 3.8) is 0 Å². The summed E-state index contributed by atoms with van der Waals surface area (Å²) in [7, 11) is -3.83. The van der Waals surface area contributed by atoms with E-state index >= 15 is 0 Å². The van der Waals surface area contributed by atoms with E-state index in [1.54, 1.807) is 36.4 Å². The monoisotopic (exact) mass is 430 g/mol. The van der Waals surface area contributed by atoms with Crippen LogP contribution in [0.3, 0.4) is 0 Å². The molecule has 2 aliphatic rings. The normalized spacial score (nSPS) is 22.1. The predicted octanol–water partition coefficient (Wildman–Crippen LogP) is 3.96. The van der Waals surface area contributed by atoms with Gasteiger partial charge in [-0.25, -0.2) is 8.42 Å². The number of benzene rings is 1. The van der Waals surface area contributed by atoms with Gasteiger partial charge in [-0.1, -0.05) is 30.5 Å². The zero-order valence-corrected chi connectivity index (χ0v) is 18.3. The number of carbonyl (C=O) groups excluding carboxylic acids is 1. The molecule has 2 atom stereocenters. The summed E-state index contributed by atoms with van der Waals surface area (Å²) in [4.78, 5) is 15.5. The van der Waals surface area contributed by atoms with Crippen LogP contribution in [0.4, 0.5) is 0 Å². The summed E-state index contributed by atoms with van der Waals surface area (Å²) in [6, 6.07) is 10.5. The minimum Gasteiger partial charge on any atom is -0.468 e. The first-order chi connectivity index (χ1) is 14.4. The van der Waals surface area contributed by atoms with Crippen molar-refractivity contribution in [3.05, 3.63) is 54.0 Å². The molecule has 2 unspecified atom stereocenters. The molecule has 162 valence electrons. The molecule has 1 aromatic heterocycles. The van der Waals surface area contributed by atoms with Gasteiger partial charge in [0, 0.05) is 12.6 Å². The molecule has 6 nitrogen and oxygen atoms in total. The largest absolute Gasteiger partial charge is 0.468 e. The van der Waals surface area contributed by atoms with E-state index in [2.05, 4.69) is 0 Å². The van der Waals surface area contributed by atoms with Gasteiger partial charge in [-0.3, -0.25) is 4.79 Å². The van der Waals surface area contributed by atoms with E-state index in [9.17, 15) is 13.2 Å². The Labute approximate surface area is 178 Å². The Bertz CT molecular complexity index is 952. The van der Waals surface area contributed by atoms with Gasteiger partial charge in [0.1, 0.15) is 5.76 Å². The van der Waals surface area contributed by atoms with Crippen LogP contribution in [-0.2, 0) is 21.4 Å². The number of furan rings is 1. The number of aryl methyl sites for hydroxylation is 1. The summed E-state index contributed by atoms with van der Waals surface area (Å²) in [5.41, 5.74) is 0.985. The molecular weight excluding hydrogens is 400 g/mol. The minimum atomic E-state index is -3.83. The van der Waals surface area contributed by atoms with Crippen molar-refractivity contribution >= 4 is 15.9 Å². The van der Waals surface area contributed by atoms with Gasteiger partial charge in [0.05, 0.1) is 24.2 Å². The molecule has 0 spiro atoms. The molecule has 2 fully saturated rings. The van der Waals surface area contributed by atoms with E-state index in [1.807, 2.05) is 11.8 Å². The Morgan fingerprint density at radius 2 is 1.83 bits per heavy atom. The fourth-order valence-corrected chi connectivity index (χ4v) is 6.19. The Morgan fingerprint density at radius 1 is 1.10 bits per heavy atom. The van der Waals surface area contributed by atoms with Crippen LogP contribution in [0, 0.1) is 12.8 Å². The number of nitrogens with zero attached hydrogens (tertiary/aromatic N) is 2. The summed E-state index contributed by atoms with van der Waals surface area (Å²) in [6.07, 6.45) is 8.26. The van der Waals surface area contributed by atoms with Gasteiger partial charge >= 0.3 is 0 Å². The van der Waals surface area contributed by atoms with Crippen molar-refractivity contribution in [2.24, 2.45) is 5.92 Å². The van der Waals surface area contributed by atoms with Gasteiger partial charge < -0.3 is 9.32 Å². The first-order valence-electron chi connectivity index (χ1n) is 10.8. The number of amides is 1. The lowest BCUT2D eigenvalue weighted by Crippen LogP contribution is -2.52. The van der Waals surface area contributed by atoms with Crippen molar-refractivity contribution in [2.75, 3.05) is 13.1 Å². The maximum Gasteiger partial charge on any atom is 0.243 e. The smallest absolute Gasteiger partial charge is 0.243 e. The summed E-state index contributed by atoms with van der Waals surface area (Å²) in [5.74, 6) is 0.977. The summed E-state index contributed by atoms with van der Waals surface area (Å²) in [5, 5.41) is 0. The Morgan fingerprint density at radius 3 is 2.57 bits per heavy atom. The molecule has 4 rings (SSSR count). The first kappa shape index (κ1) is 21.1. The van der Waals surface area contributed by atoms with Gasteiger partial charge in [-0.15, -0.1) is 0 Å². The predicted molar refractivity (Wildman–Crippen MR) is 114 cm³/mol. The quantitative estimate of drug-likeness (QED) is 0.695. The van der Waals surface area contributed by atoms with Crippen LogP contribution in [0.1, 0.15) is 49.8 Å². The molecule has 1 aliphatic heterocycles. The van der Waals surface area contributed by atoms with Crippen LogP contribution in [0.2, 0.25) is 0 Å². The highest BCUT2D eigenvalue weighted by Crippen LogP contribution is 2.35. The summed E-state index contributed by atoms with van der Waals surface area (Å²) >= 11 is 0. The maximum atomic E-state index is 13.4. The van der Waals surface area contributed by atoms with Gasteiger partial charge in [0.25, 0.3) is 0 Å². The molecule has 30 heavy (non-hydrogen) atoms. The topological polar surface area (TPSA) is 70.8 Å². The third-order valence-electron chi connectivity index (χ3n) is 6.45. The summed E-state index contributed by atoms with van der Waals surface area (Å²) in [6.45, 7) is 2.51. The van der Waals surface area contributed by atoms with E-state index in [4.69, 9.17) is 4.42 Å². The molecule has 0 bridgehead atoms. The number of hydrogen-bond acceptors (Lipinski definition) is 4. The molecule has 1 aliphatic carbocycles. The standard InChI is InChI=1S/C23H30N2O4S/c1-18-10-12-21(13-11-18)30(27,28)24(16-20-8-5-15-29-20)17-23(26)25-14-4-7-19-6-2-3-9-22(19)25/h5,8,10-13,15,19,22H,2-4,6-7,9,14,16-17H2,1H3. The molecule has 0 radical (unpaired) electrons. The second kappa shape index (κ2) is 8.94. The lowest BCUT2D eigenvalue weighted by molar-refractivity contribution is -0.137. The number of sulfonamides is 1. The summed E-state index contributed by atoms with van der Waals surface area (Å²) < 4.78 is 33.4. The highest BCUT2D eigenvalue weighted by molar-refractivity contribution is 7.89. The van der Waals surface area contributed by atoms with Crippen molar-refractivity contribution in [1.82, 2.24) is 9.21 Å². The fourth-order valence-electron chi connectivity index (χ4n) is 4.84. The molecule has 2 aromatic rings. The third-order valence-corrected chi connectivity index (χ3v) is 8.25. The number of carbonyl (C=O) groups is 1. The SMILES string of the molecule is Cc1ccc(S(=O)(=O)N(CC(=O)N2CCCC3CCCCC32)Cc2ccco2)cc1. The molecule has 1 saturated carbocycles. The Balaban J connectivity index is 1.58. The fraction of sp³-hybridized carbons (Fsp3) is 0.522. The van der Waals surface area contributed by atoms with Crippen molar-refractivity contribution < 1.29 is 17.6 Å². The zero-order chi connectivity index (χ0) is 21.1. The lowest BCUT2D eigenvalue weighted by Gasteiger charge is -2.44. The highest BCUT2D eigenvalue weighted by atomic mass is 32.2. The zero-order valence-electron chi connectivity index (χ0n) is 17.5. The van der Waals surface area contributed by atoms with E-state index < -0.39 is 10.0 Å². The second-order valence-corrected chi connectivity index (χ2v) is 10.4. The second-order valence-electron chi connectivity index (χ2n) is 8.51. The number of hydrogen-bond donors (Lipinski definition) is 0. The molecule has 2 heterocycles. The molecule has 0 N–H and O–H groups in total. The van der Waals surface area contributed by atoms with Crippen LogP contribution in [0.15, 0.2) is 52.0 Å². The van der Waals surface area contributed by atoms with Crippen LogP contribution in [0.5, 0.6) is 0 Å². The molecule has 1 saturated heterocycles. The third kappa shape index (κ3) is 4.47. The maximum absolute atomic E-state index is 13.4. The van der Waals surface area contributed by atoms with Crippen molar-refractivity contribution in [3.8, 4) is 0 Å². The average Bonchev–Trinajstić information content (AvgIpc) is 3.26. The first-order valence-corrected chi connectivity index (χ1v) is 12.3. The molecule has 1 amide bonds. The molecular formula is C23H30N2O4S. The highest BCUT2D eigenvalue weighted by Gasteiger charge is 2.37. The van der Waals surface area contributed by atoms with Crippen molar-refractivity contribution in [2.45, 2.75) is 62.9 Å².